The van der Waals surface area contributed by atoms with Crippen LogP contribution in [0, 0.1) is 0 Å². The first-order valence-electron chi connectivity index (χ1n) is 5.52. The summed E-state index contributed by atoms with van der Waals surface area (Å²) in [5, 5.41) is 7.18. The van der Waals surface area contributed by atoms with Crippen molar-refractivity contribution >= 4 is 29.4 Å². The van der Waals surface area contributed by atoms with Crippen LogP contribution < -0.4 is 15.2 Å². The van der Waals surface area contributed by atoms with Crippen molar-refractivity contribution < 1.29 is 8.76 Å². The van der Waals surface area contributed by atoms with Gasteiger partial charge in [0.15, 0.2) is 0 Å². The molecule has 1 aromatic heterocycles. The summed E-state index contributed by atoms with van der Waals surface area (Å²) < 4.78 is 25.1. The van der Waals surface area contributed by atoms with E-state index in [1.54, 1.807) is 17.9 Å². The second kappa shape index (κ2) is 7.05. The van der Waals surface area contributed by atoms with E-state index in [9.17, 15) is 8.76 Å². The van der Waals surface area contributed by atoms with Crippen LogP contribution in [0.25, 0.3) is 0 Å². The number of hydrogen-bond acceptors (Lipinski definition) is 5. The zero-order valence-electron chi connectivity index (χ0n) is 10.0. The molecule has 2 heterocycles. The Morgan fingerprint density at radius 3 is 3.00 bits per heavy atom. The molecule has 1 saturated heterocycles. The summed E-state index contributed by atoms with van der Waals surface area (Å²) in [6.45, 7) is 1.76. The highest BCUT2D eigenvalue weighted by Gasteiger charge is 2.17. The minimum absolute atomic E-state index is 0. The summed E-state index contributed by atoms with van der Waals surface area (Å²) >= 11 is -2.35. The third-order valence-corrected chi connectivity index (χ3v) is 3.29. The van der Waals surface area contributed by atoms with Crippen LogP contribution in [-0.2, 0) is 18.3 Å². The monoisotopic (exact) mass is 294 g/mol. The Hall–Kier alpha value is -0.670. The van der Waals surface area contributed by atoms with E-state index < -0.39 is 11.3 Å². The molecular formula is C9H17ClN5O2S-. The number of aromatic nitrogens is 2. The fourth-order valence-electron chi connectivity index (χ4n) is 1.84. The van der Waals surface area contributed by atoms with Crippen LogP contribution in [0.1, 0.15) is 12.8 Å². The van der Waals surface area contributed by atoms with Crippen LogP contribution in [0.5, 0.6) is 0 Å². The fourth-order valence-corrected chi connectivity index (χ4v) is 2.35. The van der Waals surface area contributed by atoms with Gasteiger partial charge in [-0.15, -0.1) is 12.4 Å². The molecule has 0 bridgehead atoms. The lowest BCUT2D eigenvalue weighted by atomic mass is 10.1. The summed E-state index contributed by atoms with van der Waals surface area (Å²) in [5.41, 5.74) is 3.51. The highest BCUT2D eigenvalue weighted by Crippen LogP contribution is 2.13. The van der Waals surface area contributed by atoms with E-state index in [0.717, 1.165) is 30.3 Å². The van der Waals surface area contributed by atoms with Crippen molar-refractivity contribution in [3.8, 4) is 0 Å². The molecule has 18 heavy (non-hydrogen) atoms. The van der Waals surface area contributed by atoms with Gasteiger partial charge in [-0.1, -0.05) is 0 Å². The van der Waals surface area contributed by atoms with Gasteiger partial charge in [0.1, 0.15) is 5.69 Å². The number of nitrogens with zero attached hydrogens (tertiary/aromatic N) is 3. The van der Waals surface area contributed by atoms with Crippen molar-refractivity contribution in [3.05, 3.63) is 12.4 Å². The van der Waals surface area contributed by atoms with E-state index in [1.807, 2.05) is 0 Å². The first-order chi connectivity index (χ1) is 8.16. The molecule has 0 aliphatic carbocycles. The quantitative estimate of drug-likeness (QED) is 0.588. The van der Waals surface area contributed by atoms with Crippen molar-refractivity contribution in [2.75, 3.05) is 17.5 Å². The highest BCUT2D eigenvalue weighted by atomic mass is 35.5. The molecule has 1 aliphatic heterocycles. The minimum atomic E-state index is -2.35. The molecule has 1 aliphatic rings. The molecule has 1 unspecified atom stereocenters. The number of aryl methyl sites for hydroxylation is 1. The molecule has 2 N–H and O–H groups in total. The van der Waals surface area contributed by atoms with Gasteiger partial charge in [-0.3, -0.25) is 8.89 Å². The van der Waals surface area contributed by atoms with Gasteiger partial charge < -0.3 is 9.87 Å². The summed E-state index contributed by atoms with van der Waals surface area (Å²) in [6.07, 6.45) is 5.17. The average Bonchev–Trinajstić information content (AvgIpc) is 2.73. The smallest absolute Gasteiger partial charge is 0.104 e. The summed E-state index contributed by atoms with van der Waals surface area (Å²) in [5.74, 6) is 0. The van der Waals surface area contributed by atoms with Gasteiger partial charge in [-0.2, -0.15) is 5.10 Å². The van der Waals surface area contributed by atoms with E-state index >= 15 is 0 Å². The zero-order valence-corrected chi connectivity index (χ0v) is 11.7. The van der Waals surface area contributed by atoms with Crippen LogP contribution >= 0.6 is 12.4 Å². The number of hydrogen-bond donors (Lipinski definition) is 2. The first kappa shape index (κ1) is 15.4. The molecule has 0 saturated carbocycles. The number of anilines is 1. The molecule has 0 radical (unpaired) electrons. The molecule has 0 spiro atoms. The molecule has 9 heteroatoms. The number of nitrogens with one attached hydrogen (secondary N) is 2. The van der Waals surface area contributed by atoms with Crippen molar-refractivity contribution in [1.29, 1.82) is 0 Å². The molecule has 104 valence electrons. The van der Waals surface area contributed by atoms with Gasteiger partial charge in [0.2, 0.25) is 0 Å². The van der Waals surface area contributed by atoms with Crippen molar-refractivity contribution in [2.45, 2.75) is 18.9 Å². The molecule has 1 aromatic rings. The maximum Gasteiger partial charge on any atom is 0.104 e. The standard InChI is InChI=1S/C9H17N5O2S.ClH/c1-13-7-9(6-11-13)14(17(15)16)12-8-3-2-4-10-5-8;/h6-8,10,12H,2-5H2,1H3,(H,15,16);1H/p-1/t8-;/m0./s1. The molecular weight excluding hydrogens is 278 g/mol. The van der Waals surface area contributed by atoms with Crippen LogP contribution in [0.2, 0.25) is 0 Å². The number of rotatable bonds is 4. The van der Waals surface area contributed by atoms with Gasteiger partial charge in [-0.05, 0) is 19.4 Å². The Balaban J connectivity index is 0.00000162. The lowest BCUT2D eigenvalue weighted by Gasteiger charge is -2.32. The molecule has 7 nitrogen and oxygen atoms in total. The fraction of sp³-hybridized carbons (Fsp3) is 0.667. The second-order valence-corrected chi connectivity index (χ2v) is 4.86. The van der Waals surface area contributed by atoms with Gasteiger partial charge in [-0.25, -0.2) is 9.84 Å². The van der Waals surface area contributed by atoms with Gasteiger partial charge in [0, 0.05) is 19.6 Å². The lowest BCUT2D eigenvalue weighted by molar-refractivity contribution is 0.392. The molecule has 2 rings (SSSR count). The van der Waals surface area contributed by atoms with Crippen molar-refractivity contribution in [2.24, 2.45) is 7.05 Å². The Morgan fingerprint density at radius 2 is 2.50 bits per heavy atom. The topological polar surface area (TPSA) is 85.2 Å². The van der Waals surface area contributed by atoms with Crippen LogP contribution in [0.4, 0.5) is 5.69 Å². The average molecular weight is 295 g/mol. The second-order valence-electron chi connectivity index (χ2n) is 4.06. The maximum absolute atomic E-state index is 11.2. The summed E-state index contributed by atoms with van der Waals surface area (Å²) in [6, 6.07) is 0.127. The van der Waals surface area contributed by atoms with E-state index in [4.69, 9.17) is 0 Å². The molecule has 2 atom stereocenters. The molecule has 0 amide bonds. The van der Waals surface area contributed by atoms with Crippen LogP contribution in [-0.4, -0.2) is 37.7 Å². The van der Waals surface area contributed by atoms with Crippen molar-refractivity contribution in [1.82, 2.24) is 20.5 Å². The van der Waals surface area contributed by atoms with E-state index in [1.165, 1.54) is 6.20 Å². The Bertz CT molecular complexity index is 396. The summed E-state index contributed by atoms with van der Waals surface area (Å²) in [7, 11) is 1.75. The summed E-state index contributed by atoms with van der Waals surface area (Å²) in [4.78, 5) is 0. The predicted molar refractivity (Wildman–Crippen MR) is 70.9 cm³/mol. The van der Waals surface area contributed by atoms with Crippen LogP contribution in [0.15, 0.2) is 12.4 Å². The molecule has 1 fully saturated rings. The first-order valence-corrected chi connectivity index (χ1v) is 6.55. The van der Waals surface area contributed by atoms with Gasteiger partial charge in [0.05, 0.1) is 23.7 Å². The lowest BCUT2D eigenvalue weighted by Crippen LogP contribution is -2.51. The maximum atomic E-state index is 11.2. The van der Waals surface area contributed by atoms with Crippen LogP contribution in [0.3, 0.4) is 0 Å². The van der Waals surface area contributed by atoms with Gasteiger partial charge >= 0.3 is 0 Å². The number of hydrazine groups is 1. The predicted octanol–water partition coefficient (Wildman–Crippen LogP) is -0.301. The third-order valence-electron chi connectivity index (χ3n) is 2.67. The van der Waals surface area contributed by atoms with E-state index in [0.29, 0.717) is 5.69 Å². The minimum Gasteiger partial charge on any atom is -0.754 e. The molecule has 0 aromatic carbocycles. The largest absolute Gasteiger partial charge is 0.754 e. The Morgan fingerprint density at radius 1 is 1.72 bits per heavy atom. The third kappa shape index (κ3) is 3.92. The van der Waals surface area contributed by atoms with E-state index in [-0.39, 0.29) is 18.4 Å². The Labute approximate surface area is 115 Å². The normalized spacial score (nSPS) is 21.1. The van der Waals surface area contributed by atoms with Crippen molar-refractivity contribution in [3.63, 3.8) is 0 Å². The number of halogens is 1. The van der Waals surface area contributed by atoms with Gasteiger partial charge in [0.25, 0.3) is 0 Å². The Kier molecular flexibility index (Phi) is 6.03. The SMILES string of the molecule is Cl.Cn1cc(N(N[C@H]2CCCNC2)S(=O)[O-])cn1. The number of piperidine rings is 1. The highest BCUT2D eigenvalue weighted by molar-refractivity contribution is 7.80. The van der Waals surface area contributed by atoms with E-state index in [2.05, 4.69) is 15.8 Å². The zero-order chi connectivity index (χ0) is 12.3.